The van der Waals surface area contributed by atoms with Crippen molar-refractivity contribution in [3.05, 3.63) is 34.3 Å². The van der Waals surface area contributed by atoms with Crippen molar-refractivity contribution in [3.8, 4) is 0 Å². The average molecular weight is 257 g/mol. The Bertz CT molecular complexity index is 460. The fraction of sp³-hybridized carbons (Fsp3) is 0.333. The van der Waals surface area contributed by atoms with Crippen LogP contribution in [0.4, 0.5) is 0 Å². The molecule has 0 saturated heterocycles. The minimum atomic E-state index is -1.25. The smallest absolute Gasteiger partial charge is 0.339 e. The molecule has 0 heterocycles. The number of carboxylic acids is 1. The molecule has 92 valence electrons. The summed E-state index contributed by atoms with van der Waals surface area (Å²) in [5, 5.41) is 9.02. The van der Waals surface area contributed by atoms with Gasteiger partial charge in [0.15, 0.2) is 0 Å². The van der Waals surface area contributed by atoms with Crippen LogP contribution in [-0.2, 0) is 4.74 Å². The van der Waals surface area contributed by atoms with Gasteiger partial charge in [0.2, 0.25) is 0 Å². The standard InChI is InChI=1S/C12H13ClO4/c1-12(2,3)17-11(16)7-5-4-6-8(13)9(7)10(14)15/h4-6H,1-3H3,(H,14,15). The second-order valence-corrected chi connectivity index (χ2v) is 4.88. The Morgan fingerprint density at radius 2 is 1.88 bits per heavy atom. The number of rotatable bonds is 2. The molecule has 1 rings (SSSR count). The molecule has 0 radical (unpaired) electrons. The molecule has 0 aliphatic carbocycles. The van der Waals surface area contributed by atoms with Crippen LogP contribution in [0.25, 0.3) is 0 Å². The first-order valence-electron chi connectivity index (χ1n) is 4.97. The molecule has 1 aromatic carbocycles. The van der Waals surface area contributed by atoms with Gasteiger partial charge in [-0.3, -0.25) is 0 Å². The van der Waals surface area contributed by atoms with Crippen molar-refractivity contribution in [3.63, 3.8) is 0 Å². The van der Waals surface area contributed by atoms with Crippen LogP contribution in [0.5, 0.6) is 0 Å². The van der Waals surface area contributed by atoms with Gasteiger partial charge in [0.25, 0.3) is 0 Å². The maximum Gasteiger partial charge on any atom is 0.339 e. The predicted octanol–water partition coefficient (Wildman–Crippen LogP) is 2.99. The Morgan fingerprint density at radius 1 is 1.29 bits per heavy atom. The Morgan fingerprint density at radius 3 is 2.35 bits per heavy atom. The lowest BCUT2D eigenvalue weighted by molar-refractivity contribution is 0.00658. The van der Waals surface area contributed by atoms with E-state index in [9.17, 15) is 9.59 Å². The number of ether oxygens (including phenoxy) is 1. The van der Waals surface area contributed by atoms with Gasteiger partial charge in [-0.05, 0) is 32.9 Å². The van der Waals surface area contributed by atoms with E-state index in [0.29, 0.717) is 0 Å². The van der Waals surface area contributed by atoms with Gasteiger partial charge in [0.1, 0.15) is 5.60 Å². The number of aromatic carboxylic acids is 1. The minimum absolute atomic E-state index is 0.0147. The first-order chi connectivity index (χ1) is 7.72. The Balaban J connectivity index is 3.19. The third-order valence-electron chi connectivity index (χ3n) is 1.85. The van der Waals surface area contributed by atoms with Crippen molar-refractivity contribution in [1.82, 2.24) is 0 Å². The van der Waals surface area contributed by atoms with E-state index in [-0.39, 0.29) is 16.1 Å². The third-order valence-corrected chi connectivity index (χ3v) is 2.16. The molecule has 0 aliphatic heterocycles. The zero-order valence-corrected chi connectivity index (χ0v) is 10.5. The lowest BCUT2D eigenvalue weighted by Gasteiger charge is -2.20. The largest absolute Gasteiger partial charge is 0.478 e. The van der Waals surface area contributed by atoms with Crippen LogP contribution >= 0.6 is 11.6 Å². The molecule has 1 aromatic rings. The van der Waals surface area contributed by atoms with Crippen molar-refractivity contribution in [2.45, 2.75) is 26.4 Å². The summed E-state index contributed by atoms with van der Waals surface area (Å²) in [5.74, 6) is -1.95. The van der Waals surface area contributed by atoms with E-state index in [0.717, 1.165) is 0 Å². The van der Waals surface area contributed by atoms with E-state index < -0.39 is 17.5 Å². The molecule has 17 heavy (non-hydrogen) atoms. The molecule has 0 unspecified atom stereocenters. The van der Waals surface area contributed by atoms with Crippen molar-refractivity contribution < 1.29 is 19.4 Å². The summed E-state index contributed by atoms with van der Waals surface area (Å²) >= 11 is 5.75. The molecule has 0 amide bonds. The van der Waals surface area contributed by atoms with Crippen molar-refractivity contribution in [2.24, 2.45) is 0 Å². The van der Waals surface area contributed by atoms with Gasteiger partial charge < -0.3 is 9.84 Å². The second kappa shape index (κ2) is 4.75. The van der Waals surface area contributed by atoms with Crippen molar-refractivity contribution >= 4 is 23.5 Å². The van der Waals surface area contributed by atoms with Crippen molar-refractivity contribution in [2.75, 3.05) is 0 Å². The van der Waals surface area contributed by atoms with E-state index in [2.05, 4.69) is 0 Å². The lowest BCUT2D eigenvalue weighted by atomic mass is 10.1. The monoisotopic (exact) mass is 256 g/mol. The summed E-state index contributed by atoms with van der Waals surface area (Å²) in [7, 11) is 0. The topological polar surface area (TPSA) is 63.6 Å². The van der Waals surface area contributed by atoms with Crippen LogP contribution in [0.2, 0.25) is 5.02 Å². The number of carboxylic acid groups (broad SMARTS) is 1. The van der Waals surface area contributed by atoms with Gasteiger partial charge in [-0.1, -0.05) is 17.7 Å². The van der Waals surface area contributed by atoms with Gasteiger partial charge in [0.05, 0.1) is 16.1 Å². The number of halogens is 1. The van der Waals surface area contributed by atoms with Crippen LogP contribution in [0.15, 0.2) is 18.2 Å². The van der Waals surface area contributed by atoms with Crippen LogP contribution in [0, 0.1) is 0 Å². The number of benzene rings is 1. The Kier molecular flexibility index (Phi) is 3.78. The summed E-state index contributed by atoms with van der Waals surface area (Å²) in [6, 6.07) is 4.30. The highest BCUT2D eigenvalue weighted by atomic mass is 35.5. The number of hydrogen-bond acceptors (Lipinski definition) is 3. The van der Waals surface area contributed by atoms with Crippen molar-refractivity contribution in [1.29, 1.82) is 0 Å². The fourth-order valence-electron chi connectivity index (χ4n) is 1.24. The summed E-state index contributed by atoms with van der Waals surface area (Å²) in [5.41, 5.74) is -0.960. The molecule has 0 fully saturated rings. The Hall–Kier alpha value is -1.55. The van der Waals surface area contributed by atoms with Gasteiger partial charge in [-0.25, -0.2) is 9.59 Å². The molecule has 4 nitrogen and oxygen atoms in total. The molecule has 0 saturated carbocycles. The average Bonchev–Trinajstić information content (AvgIpc) is 2.13. The highest BCUT2D eigenvalue weighted by Gasteiger charge is 2.24. The molecule has 0 aliphatic rings. The first-order valence-corrected chi connectivity index (χ1v) is 5.35. The maximum absolute atomic E-state index is 11.8. The van der Waals surface area contributed by atoms with Gasteiger partial charge in [-0.2, -0.15) is 0 Å². The maximum atomic E-state index is 11.8. The zero-order chi connectivity index (χ0) is 13.2. The predicted molar refractivity (Wildman–Crippen MR) is 63.6 cm³/mol. The third kappa shape index (κ3) is 3.46. The summed E-state index contributed by atoms with van der Waals surface area (Å²) in [6.45, 7) is 5.11. The fourth-order valence-corrected chi connectivity index (χ4v) is 1.50. The quantitative estimate of drug-likeness (QED) is 0.826. The molecule has 5 heteroatoms. The molecule has 1 N–H and O–H groups in total. The SMILES string of the molecule is CC(C)(C)OC(=O)c1cccc(Cl)c1C(=O)O. The van der Waals surface area contributed by atoms with Crippen LogP contribution in [0.3, 0.4) is 0 Å². The van der Waals surface area contributed by atoms with Crippen LogP contribution in [-0.4, -0.2) is 22.6 Å². The van der Waals surface area contributed by atoms with Crippen LogP contribution < -0.4 is 0 Å². The van der Waals surface area contributed by atoms with E-state index in [1.807, 2.05) is 0 Å². The number of carbonyl (C=O) groups is 2. The second-order valence-electron chi connectivity index (χ2n) is 4.47. The highest BCUT2D eigenvalue weighted by Crippen LogP contribution is 2.22. The molecule has 0 spiro atoms. The Labute approximate surface area is 104 Å². The van der Waals surface area contributed by atoms with E-state index >= 15 is 0 Å². The van der Waals surface area contributed by atoms with Gasteiger partial charge >= 0.3 is 11.9 Å². The molecular weight excluding hydrogens is 244 g/mol. The minimum Gasteiger partial charge on any atom is -0.478 e. The number of hydrogen-bond donors (Lipinski definition) is 1. The molecule has 0 bridgehead atoms. The van der Waals surface area contributed by atoms with Crippen LogP contribution in [0.1, 0.15) is 41.5 Å². The summed E-state index contributed by atoms with van der Waals surface area (Å²) < 4.78 is 5.11. The van der Waals surface area contributed by atoms with E-state index in [1.54, 1.807) is 20.8 Å². The van der Waals surface area contributed by atoms with Gasteiger partial charge in [-0.15, -0.1) is 0 Å². The summed E-state index contributed by atoms with van der Waals surface area (Å²) in [6.07, 6.45) is 0. The lowest BCUT2D eigenvalue weighted by Crippen LogP contribution is -2.25. The molecular formula is C12H13ClO4. The number of carbonyl (C=O) groups excluding carboxylic acids is 1. The van der Waals surface area contributed by atoms with Gasteiger partial charge in [0, 0.05) is 0 Å². The molecule has 0 aromatic heterocycles. The van der Waals surface area contributed by atoms with E-state index in [1.165, 1.54) is 18.2 Å². The highest BCUT2D eigenvalue weighted by molar-refractivity contribution is 6.34. The normalized spacial score (nSPS) is 11.1. The zero-order valence-electron chi connectivity index (χ0n) is 9.78. The molecule has 0 atom stereocenters. The summed E-state index contributed by atoms with van der Waals surface area (Å²) in [4.78, 5) is 22.8. The number of esters is 1. The van der Waals surface area contributed by atoms with E-state index in [4.69, 9.17) is 21.4 Å². The first kappa shape index (κ1) is 13.5.